The van der Waals surface area contributed by atoms with Crippen LogP contribution in [0.1, 0.15) is 15.9 Å². The summed E-state index contributed by atoms with van der Waals surface area (Å²) in [6, 6.07) is 15.0. The van der Waals surface area contributed by atoms with Crippen LogP contribution in [-0.2, 0) is 17.7 Å². The van der Waals surface area contributed by atoms with E-state index in [0.717, 1.165) is 6.42 Å². The van der Waals surface area contributed by atoms with Crippen molar-refractivity contribution >= 4 is 28.8 Å². The van der Waals surface area contributed by atoms with Gasteiger partial charge in [-0.2, -0.15) is 0 Å². The van der Waals surface area contributed by atoms with Crippen molar-refractivity contribution in [2.45, 2.75) is 6.42 Å². The van der Waals surface area contributed by atoms with Crippen LogP contribution in [0.4, 0.5) is 0 Å². The van der Waals surface area contributed by atoms with Gasteiger partial charge >= 0.3 is 29.6 Å². The molecule has 0 fully saturated rings. The average Bonchev–Trinajstić information content (AvgIpc) is 2.55. The maximum absolute atomic E-state index is 12.1. The molecule has 0 radical (unpaired) electrons. The second kappa shape index (κ2) is 13.3. The minimum atomic E-state index is -2.36. The Balaban J connectivity index is 0.00000104. The van der Waals surface area contributed by atoms with E-state index in [-0.39, 0.29) is 35.5 Å². The molecule has 2 aromatic rings. The number of nitrogens with two attached hydrogens (primary N) is 1. The summed E-state index contributed by atoms with van der Waals surface area (Å²) < 4.78 is 22.7. The standard InChI is InChI=1S/C16H16ClNO2.H3NO2S.Na/c1-20-15-8-7-13(17)11-14(15)16(19)18-10-9-12-5-3-2-4-6-12;1-4(2)3;/h2-8,11H,9-10H2,1H3,(H,18,19);1H2,(H,2,3);/q;;+1/p-1. The van der Waals surface area contributed by atoms with Gasteiger partial charge in [-0.05, 0) is 30.2 Å². The molecule has 0 saturated carbocycles. The molecule has 25 heavy (non-hydrogen) atoms. The van der Waals surface area contributed by atoms with E-state index < -0.39 is 11.3 Å². The maximum atomic E-state index is 12.1. The van der Waals surface area contributed by atoms with Gasteiger partial charge in [-0.1, -0.05) is 41.9 Å². The van der Waals surface area contributed by atoms with Gasteiger partial charge in [0.1, 0.15) is 5.75 Å². The van der Waals surface area contributed by atoms with Crippen LogP contribution >= 0.6 is 11.6 Å². The van der Waals surface area contributed by atoms with Gasteiger partial charge in [0.25, 0.3) is 5.91 Å². The topological polar surface area (TPSA) is 104 Å². The van der Waals surface area contributed by atoms with Crippen LogP contribution in [0.2, 0.25) is 5.02 Å². The van der Waals surface area contributed by atoms with E-state index in [2.05, 4.69) is 10.5 Å². The molecule has 1 amide bonds. The molecule has 0 bridgehead atoms. The summed E-state index contributed by atoms with van der Waals surface area (Å²) in [6.45, 7) is 0.568. The summed E-state index contributed by atoms with van der Waals surface area (Å²) in [5, 5.41) is 7.41. The molecule has 3 N–H and O–H groups in total. The first-order chi connectivity index (χ1) is 11.4. The van der Waals surface area contributed by atoms with Gasteiger partial charge in [0.15, 0.2) is 0 Å². The first-order valence-corrected chi connectivity index (χ1v) is 8.45. The summed E-state index contributed by atoms with van der Waals surface area (Å²) in [5.74, 6) is 0.340. The van der Waals surface area contributed by atoms with E-state index in [9.17, 15) is 4.79 Å². The molecule has 0 aliphatic rings. The fourth-order valence-electron chi connectivity index (χ4n) is 1.92. The molecule has 0 spiro atoms. The molecule has 0 aromatic heterocycles. The molecule has 2 aromatic carbocycles. The molecule has 6 nitrogen and oxygen atoms in total. The van der Waals surface area contributed by atoms with Crippen LogP contribution < -0.4 is 44.7 Å². The van der Waals surface area contributed by atoms with Crippen molar-refractivity contribution in [2.75, 3.05) is 13.7 Å². The van der Waals surface area contributed by atoms with Crippen LogP contribution in [0.5, 0.6) is 5.75 Å². The number of carbonyl (C=O) groups excluding carboxylic acids is 1. The fourth-order valence-corrected chi connectivity index (χ4v) is 2.09. The number of halogens is 1. The number of ether oxygens (including phenoxy) is 1. The number of amides is 1. The van der Waals surface area contributed by atoms with Gasteiger partial charge < -0.3 is 14.6 Å². The van der Waals surface area contributed by atoms with Gasteiger partial charge in [-0.3, -0.25) is 14.1 Å². The summed E-state index contributed by atoms with van der Waals surface area (Å²) in [7, 11) is 1.53. The Morgan fingerprint density at radius 3 is 2.44 bits per heavy atom. The van der Waals surface area contributed by atoms with Crippen molar-refractivity contribution in [1.29, 1.82) is 0 Å². The van der Waals surface area contributed by atoms with Crippen molar-refractivity contribution in [1.82, 2.24) is 5.32 Å². The van der Waals surface area contributed by atoms with Crippen LogP contribution in [0.15, 0.2) is 48.5 Å². The number of nitrogens with one attached hydrogen (secondary N) is 1. The zero-order valence-corrected chi connectivity index (χ0v) is 17.6. The molecular weight excluding hydrogens is 375 g/mol. The van der Waals surface area contributed by atoms with E-state index in [1.165, 1.54) is 12.7 Å². The number of hydrogen-bond donors (Lipinski definition) is 2. The van der Waals surface area contributed by atoms with Crippen LogP contribution in [0.3, 0.4) is 0 Å². The molecule has 130 valence electrons. The van der Waals surface area contributed by atoms with Crippen LogP contribution in [0, 0.1) is 0 Å². The molecule has 2 rings (SSSR count). The van der Waals surface area contributed by atoms with Gasteiger partial charge in [0.05, 0.1) is 12.7 Å². The fraction of sp³-hybridized carbons (Fsp3) is 0.188. The Hall–Kier alpha value is -0.930. The first-order valence-electron chi connectivity index (χ1n) is 6.93. The van der Waals surface area contributed by atoms with E-state index in [0.29, 0.717) is 22.9 Å². The Bertz CT molecular complexity index is 685. The normalized spacial score (nSPS) is 10.6. The Labute approximate surface area is 176 Å². The van der Waals surface area contributed by atoms with Gasteiger partial charge in [0, 0.05) is 22.8 Å². The van der Waals surface area contributed by atoms with Gasteiger partial charge in [0.2, 0.25) is 0 Å². The summed E-state index contributed by atoms with van der Waals surface area (Å²) in [5.41, 5.74) is 1.64. The van der Waals surface area contributed by atoms with E-state index in [4.69, 9.17) is 25.1 Å². The number of rotatable bonds is 5. The first kappa shape index (κ1) is 24.1. The van der Waals surface area contributed by atoms with Gasteiger partial charge in [-0.25, -0.2) is 0 Å². The number of hydrogen-bond acceptors (Lipinski definition) is 4. The molecule has 1 unspecified atom stereocenters. The third-order valence-corrected chi connectivity index (χ3v) is 3.18. The van der Waals surface area contributed by atoms with Crippen molar-refractivity contribution < 1.29 is 47.9 Å². The van der Waals surface area contributed by atoms with Crippen molar-refractivity contribution in [3.8, 4) is 5.75 Å². The van der Waals surface area contributed by atoms with E-state index in [1.807, 2.05) is 30.3 Å². The third kappa shape index (κ3) is 9.96. The van der Waals surface area contributed by atoms with Gasteiger partial charge in [-0.15, -0.1) is 0 Å². The SMILES string of the molecule is COc1ccc(Cl)cc1C(=O)NCCc1ccccc1.NS(=O)[O-].[Na+]. The van der Waals surface area contributed by atoms with E-state index >= 15 is 0 Å². The van der Waals surface area contributed by atoms with Crippen LogP contribution in [0.25, 0.3) is 0 Å². The molecule has 0 heterocycles. The zero-order valence-electron chi connectivity index (χ0n) is 14.0. The summed E-state index contributed by atoms with van der Waals surface area (Å²) >= 11 is 3.55. The number of methoxy groups -OCH3 is 1. The second-order valence-corrected chi connectivity index (χ2v) is 5.55. The Kier molecular flexibility index (Phi) is 12.8. The third-order valence-electron chi connectivity index (χ3n) is 2.95. The monoisotopic (exact) mass is 392 g/mol. The summed E-state index contributed by atoms with van der Waals surface area (Å²) in [6.07, 6.45) is 0.787. The molecule has 0 aliphatic carbocycles. The number of carbonyl (C=O) groups is 1. The van der Waals surface area contributed by atoms with Crippen molar-refractivity contribution in [3.05, 3.63) is 64.7 Å². The Morgan fingerprint density at radius 1 is 1.28 bits per heavy atom. The predicted octanol–water partition coefficient (Wildman–Crippen LogP) is -0.936. The molecular formula is C16H18ClN2NaO4S. The summed E-state index contributed by atoms with van der Waals surface area (Å²) in [4.78, 5) is 12.1. The second-order valence-electron chi connectivity index (χ2n) is 4.60. The van der Waals surface area contributed by atoms with E-state index in [1.54, 1.807) is 18.2 Å². The smallest absolute Gasteiger partial charge is 0.760 e. The minimum absolute atomic E-state index is 0. The van der Waals surface area contributed by atoms with Crippen LogP contribution in [-0.4, -0.2) is 28.3 Å². The quantitative estimate of drug-likeness (QED) is 0.506. The molecule has 9 heteroatoms. The average molecular weight is 393 g/mol. The zero-order chi connectivity index (χ0) is 17.9. The number of benzene rings is 2. The minimum Gasteiger partial charge on any atom is -0.760 e. The Morgan fingerprint density at radius 2 is 1.88 bits per heavy atom. The maximum Gasteiger partial charge on any atom is 1.00 e. The predicted molar refractivity (Wildman–Crippen MR) is 93.6 cm³/mol. The molecule has 0 aliphatic heterocycles. The van der Waals surface area contributed by atoms with Crippen molar-refractivity contribution in [3.63, 3.8) is 0 Å². The van der Waals surface area contributed by atoms with Crippen molar-refractivity contribution in [2.24, 2.45) is 5.14 Å². The largest absolute Gasteiger partial charge is 1.00 e. The molecule has 0 saturated heterocycles. The molecule has 1 atom stereocenters.